The molecule has 1 atom stereocenters. The van der Waals surface area contributed by atoms with E-state index in [9.17, 15) is 4.79 Å². The monoisotopic (exact) mass is 251 g/mol. The molecule has 17 heavy (non-hydrogen) atoms. The number of halogens is 1. The van der Waals surface area contributed by atoms with Crippen molar-refractivity contribution in [3.8, 4) is 0 Å². The number of benzene rings is 1. The number of nitrogens with zero attached hydrogens (tertiary/aromatic N) is 1. The Balaban J connectivity index is 3.18. The Morgan fingerprint density at radius 2 is 1.94 bits per heavy atom. The maximum Gasteiger partial charge on any atom is 0.166 e. The summed E-state index contributed by atoms with van der Waals surface area (Å²) in [5.41, 5.74) is 0.385. The van der Waals surface area contributed by atoms with Gasteiger partial charge in [0, 0.05) is 11.6 Å². The van der Waals surface area contributed by atoms with Crippen LogP contribution in [0.4, 0.5) is 0 Å². The molecule has 0 saturated heterocycles. The number of carbonyl (C=O) groups excluding carboxylic acids is 1. The van der Waals surface area contributed by atoms with Gasteiger partial charge in [-0.25, -0.2) is 0 Å². The molecule has 0 aliphatic heterocycles. The van der Waals surface area contributed by atoms with Crippen molar-refractivity contribution in [1.29, 1.82) is 0 Å². The van der Waals surface area contributed by atoms with Crippen LogP contribution in [-0.2, 0) is 10.2 Å². The van der Waals surface area contributed by atoms with Crippen LogP contribution in [0.15, 0.2) is 36.9 Å². The van der Waals surface area contributed by atoms with Crippen molar-refractivity contribution < 1.29 is 4.79 Å². The number of carbonyl (C=O) groups is 1. The van der Waals surface area contributed by atoms with Crippen molar-refractivity contribution in [3.05, 3.63) is 47.5 Å². The zero-order valence-corrected chi connectivity index (χ0v) is 11.3. The molecule has 2 nitrogen and oxygen atoms in total. The summed E-state index contributed by atoms with van der Waals surface area (Å²) in [5, 5.41) is 0.673. The van der Waals surface area contributed by atoms with Crippen LogP contribution in [0.2, 0.25) is 5.02 Å². The molecule has 1 rings (SSSR count). The molecule has 0 radical (unpaired) electrons. The zero-order valence-electron chi connectivity index (χ0n) is 10.5. The van der Waals surface area contributed by atoms with Gasteiger partial charge in [-0.1, -0.05) is 30.3 Å². The minimum absolute atomic E-state index is 0.0218. The summed E-state index contributed by atoms with van der Waals surface area (Å²) in [5.74, 6) is 0.0218. The maximum absolute atomic E-state index is 12.1. The van der Waals surface area contributed by atoms with Crippen molar-refractivity contribution in [2.45, 2.75) is 12.3 Å². The lowest BCUT2D eigenvalue weighted by molar-refractivity contribution is -0.119. The molecule has 3 heteroatoms. The van der Waals surface area contributed by atoms with Crippen molar-refractivity contribution >= 4 is 17.4 Å². The van der Waals surface area contributed by atoms with Crippen molar-refractivity contribution in [2.24, 2.45) is 0 Å². The molecule has 1 aromatic carbocycles. The van der Waals surface area contributed by atoms with Crippen LogP contribution in [0.5, 0.6) is 0 Å². The van der Waals surface area contributed by atoms with E-state index in [0.717, 1.165) is 5.56 Å². The highest BCUT2D eigenvalue weighted by Gasteiger charge is 2.33. The van der Waals surface area contributed by atoms with Crippen LogP contribution < -0.4 is 0 Å². The van der Waals surface area contributed by atoms with Gasteiger partial charge in [-0.3, -0.25) is 4.79 Å². The Hall–Kier alpha value is -1.12. The molecular weight excluding hydrogens is 234 g/mol. The van der Waals surface area contributed by atoms with Crippen LogP contribution in [0.3, 0.4) is 0 Å². The minimum atomic E-state index is -0.574. The maximum atomic E-state index is 12.1. The third kappa shape index (κ3) is 3.18. The topological polar surface area (TPSA) is 20.3 Å². The molecule has 0 N–H and O–H groups in total. The van der Waals surface area contributed by atoms with Gasteiger partial charge in [0.25, 0.3) is 0 Å². The van der Waals surface area contributed by atoms with Crippen LogP contribution in [-0.4, -0.2) is 31.3 Å². The van der Waals surface area contributed by atoms with Gasteiger partial charge in [-0.15, -0.1) is 0 Å². The van der Waals surface area contributed by atoms with Gasteiger partial charge < -0.3 is 4.90 Å². The minimum Gasteiger partial charge on any atom is -0.308 e. The van der Waals surface area contributed by atoms with E-state index >= 15 is 0 Å². The van der Waals surface area contributed by atoms with Gasteiger partial charge in [0.05, 0.1) is 5.41 Å². The Morgan fingerprint density at radius 3 is 2.35 bits per heavy atom. The van der Waals surface area contributed by atoms with E-state index in [0.29, 0.717) is 11.6 Å². The Morgan fingerprint density at radius 1 is 1.41 bits per heavy atom. The molecule has 0 fully saturated rings. The summed E-state index contributed by atoms with van der Waals surface area (Å²) in [6.45, 7) is 6.15. The molecule has 0 saturated carbocycles. The molecule has 92 valence electrons. The van der Waals surface area contributed by atoms with Gasteiger partial charge in [0.1, 0.15) is 0 Å². The summed E-state index contributed by atoms with van der Waals surface area (Å²) in [6.07, 6.45) is 1.39. The van der Waals surface area contributed by atoms with E-state index < -0.39 is 5.41 Å². The number of ketones is 1. The lowest BCUT2D eigenvalue weighted by atomic mass is 9.78. The molecule has 0 aliphatic carbocycles. The fourth-order valence-corrected chi connectivity index (χ4v) is 2.11. The van der Waals surface area contributed by atoms with Crippen LogP contribution in [0.25, 0.3) is 0 Å². The Bertz CT molecular complexity index is 411. The smallest absolute Gasteiger partial charge is 0.166 e. The molecule has 0 bridgehead atoms. The Labute approximate surface area is 108 Å². The number of allylic oxidation sites excluding steroid dienone is 1. The van der Waals surface area contributed by atoms with Crippen molar-refractivity contribution in [3.63, 3.8) is 0 Å². The lowest BCUT2D eigenvalue weighted by Crippen LogP contribution is -2.41. The standard InChI is InChI=1S/C14H18ClNO/c1-5-13(17)14(2,10-16(3)4)11-6-8-12(15)9-7-11/h5-9H,1,10H2,2-4H3. The summed E-state index contributed by atoms with van der Waals surface area (Å²) in [4.78, 5) is 14.1. The number of hydrogen-bond acceptors (Lipinski definition) is 2. The SMILES string of the molecule is C=CC(=O)C(C)(CN(C)C)c1ccc(Cl)cc1. The van der Waals surface area contributed by atoms with Crippen LogP contribution >= 0.6 is 11.6 Å². The Kier molecular flexibility index (Phi) is 4.49. The van der Waals surface area contributed by atoms with E-state index in [4.69, 9.17) is 11.6 Å². The van der Waals surface area contributed by atoms with E-state index in [1.54, 1.807) is 12.1 Å². The predicted octanol–water partition coefficient (Wildman–Crippen LogP) is 2.91. The first-order valence-corrected chi connectivity index (χ1v) is 5.85. The van der Waals surface area contributed by atoms with E-state index in [-0.39, 0.29) is 5.78 Å². The average Bonchev–Trinajstić information content (AvgIpc) is 2.27. The van der Waals surface area contributed by atoms with Crippen LogP contribution in [0, 0.1) is 0 Å². The summed E-state index contributed by atoms with van der Waals surface area (Å²) < 4.78 is 0. The number of hydrogen-bond donors (Lipinski definition) is 0. The highest BCUT2D eigenvalue weighted by atomic mass is 35.5. The van der Waals surface area contributed by atoms with Crippen LogP contribution in [0.1, 0.15) is 12.5 Å². The number of likely N-dealkylation sites (N-methyl/N-ethyl adjacent to an activating group) is 1. The molecule has 1 aromatic rings. The quantitative estimate of drug-likeness (QED) is 0.750. The molecule has 0 aromatic heterocycles. The summed E-state index contributed by atoms with van der Waals surface area (Å²) in [7, 11) is 3.90. The first-order chi connectivity index (χ1) is 7.90. The van der Waals surface area contributed by atoms with Crippen molar-refractivity contribution in [2.75, 3.05) is 20.6 Å². The summed E-state index contributed by atoms with van der Waals surface area (Å²) >= 11 is 5.87. The van der Waals surface area contributed by atoms with E-state index in [2.05, 4.69) is 6.58 Å². The molecule has 0 aliphatic rings. The molecule has 1 unspecified atom stereocenters. The lowest BCUT2D eigenvalue weighted by Gasteiger charge is -2.30. The number of rotatable bonds is 5. The fourth-order valence-electron chi connectivity index (χ4n) is 1.99. The van der Waals surface area contributed by atoms with Gasteiger partial charge in [0.2, 0.25) is 0 Å². The summed E-state index contributed by atoms with van der Waals surface area (Å²) in [6, 6.07) is 7.41. The second kappa shape index (κ2) is 5.48. The van der Waals surface area contributed by atoms with Crippen molar-refractivity contribution in [1.82, 2.24) is 4.90 Å². The van der Waals surface area contributed by atoms with Gasteiger partial charge in [-0.05, 0) is 44.8 Å². The largest absolute Gasteiger partial charge is 0.308 e. The second-order valence-corrected chi connectivity index (χ2v) is 5.08. The third-order valence-corrected chi connectivity index (χ3v) is 3.10. The fraction of sp³-hybridized carbons (Fsp3) is 0.357. The van der Waals surface area contributed by atoms with E-state index in [1.807, 2.05) is 38.1 Å². The van der Waals surface area contributed by atoms with E-state index in [1.165, 1.54) is 6.08 Å². The molecule has 0 heterocycles. The van der Waals surface area contributed by atoms with Gasteiger partial charge in [0.15, 0.2) is 5.78 Å². The second-order valence-electron chi connectivity index (χ2n) is 4.65. The predicted molar refractivity (Wildman–Crippen MR) is 72.6 cm³/mol. The molecule has 0 amide bonds. The molecule has 0 spiro atoms. The first kappa shape index (κ1) is 13.9. The normalized spacial score (nSPS) is 14.4. The zero-order chi connectivity index (χ0) is 13.1. The molecular formula is C14H18ClNO. The third-order valence-electron chi connectivity index (χ3n) is 2.84. The highest BCUT2D eigenvalue weighted by molar-refractivity contribution is 6.30. The first-order valence-electron chi connectivity index (χ1n) is 5.48. The highest BCUT2D eigenvalue weighted by Crippen LogP contribution is 2.27. The van der Waals surface area contributed by atoms with Gasteiger partial charge >= 0.3 is 0 Å². The van der Waals surface area contributed by atoms with Gasteiger partial charge in [-0.2, -0.15) is 0 Å². The average molecular weight is 252 g/mol.